The van der Waals surface area contributed by atoms with E-state index in [4.69, 9.17) is 0 Å². The van der Waals surface area contributed by atoms with E-state index in [0.29, 0.717) is 0 Å². The van der Waals surface area contributed by atoms with E-state index in [9.17, 15) is 0 Å². The molecule has 0 unspecified atom stereocenters. The molecule has 0 aliphatic carbocycles. The minimum absolute atomic E-state index is 0. The lowest BCUT2D eigenvalue weighted by molar-refractivity contribution is 1.11. The molecule has 2 aromatic carbocycles. The average Bonchev–Trinajstić information content (AvgIpc) is 2.06. The predicted octanol–water partition coefficient (Wildman–Crippen LogP) is 1.79. The van der Waals surface area contributed by atoms with Crippen LogP contribution in [0.25, 0.3) is 10.8 Å². The van der Waals surface area contributed by atoms with Crippen LogP contribution >= 0.6 is 0 Å². The number of rotatable bonds is 0. The van der Waals surface area contributed by atoms with Gasteiger partial charge in [0.1, 0.15) is 0 Å². The Morgan fingerprint density at radius 2 is 1.50 bits per heavy atom. The van der Waals surface area contributed by atoms with Crippen LogP contribution in [-0.2, 0) is 0 Å². The molecule has 0 N–H and O–H groups in total. The highest BCUT2D eigenvalue weighted by Crippen LogP contribution is 2.08. The van der Waals surface area contributed by atoms with Crippen LogP contribution in [0.4, 0.5) is 4.70 Å². The summed E-state index contributed by atoms with van der Waals surface area (Å²) in [5.74, 6) is 0. The second-order valence-electron chi connectivity index (χ2n) is 2.53. The summed E-state index contributed by atoms with van der Waals surface area (Å²) in [5, 5.41) is 3.70. The Balaban J connectivity index is 0.000000720. The van der Waals surface area contributed by atoms with Gasteiger partial charge in [-0.25, -0.2) is 0 Å². The largest absolute Gasteiger partial charge is 0.269 e. The van der Waals surface area contributed by atoms with Crippen LogP contribution in [0.5, 0.6) is 0 Å². The Labute approximate surface area is 74.0 Å². The molecule has 0 heterocycles. The van der Waals surface area contributed by atoms with Crippen molar-refractivity contribution in [2.75, 3.05) is 0 Å². The molecule has 0 atom stereocenters. The average molecular weight is 175 g/mol. The molecule has 2 heteroatoms. The molecule has 0 spiro atoms. The van der Waals surface area contributed by atoms with Gasteiger partial charge in [-0.1, -0.05) is 47.7 Å². The fraction of sp³-hybridized carbons (Fsp3) is 0. The van der Waals surface area contributed by atoms with Crippen LogP contribution in [0.3, 0.4) is 0 Å². The lowest BCUT2D eigenvalue weighted by Crippen LogP contribution is -2.01. The van der Waals surface area contributed by atoms with Gasteiger partial charge in [0.15, 0.2) is 0 Å². The second kappa shape index (κ2) is 3.50. The normalized spacial score (nSPS) is 9.42. The first-order valence-electron chi connectivity index (χ1n) is 3.57. The van der Waals surface area contributed by atoms with E-state index in [-0.39, 0.29) is 4.70 Å². The molecule has 0 saturated heterocycles. The molecule has 0 nitrogen and oxygen atoms in total. The Kier molecular flexibility index (Phi) is 2.60. The van der Waals surface area contributed by atoms with Gasteiger partial charge in [0.2, 0.25) is 0 Å². The van der Waals surface area contributed by atoms with Crippen LogP contribution in [0.15, 0.2) is 42.5 Å². The summed E-state index contributed by atoms with van der Waals surface area (Å²) in [4.78, 5) is 0. The zero-order chi connectivity index (χ0) is 7.68. The summed E-state index contributed by atoms with van der Waals surface area (Å²) in [7, 11) is 3.55. The highest BCUT2D eigenvalue weighted by atomic mass is 28.1. The lowest BCUT2D eigenvalue weighted by atomic mass is 10.1. The van der Waals surface area contributed by atoms with E-state index in [1.807, 2.05) is 18.2 Å². The number of benzene rings is 2. The molecule has 0 bridgehead atoms. The van der Waals surface area contributed by atoms with Crippen molar-refractivity contribution in [2.45, 2.75) is 0 Å². The number of hydrogen-bond donors (Lipinski definition) is 0. The van der Waals surface area contributed by atoms with Gasteiger partial charge in [-0.15, -0.1) is 0 Å². The Morgan fingerprint density at radius 1 is 0.833 bits per heavy atom. The van der Waals surface area contributed by atoms with Crippen LogP contribution in [0.1, 0.15) is 0 Å². The van der Waals surface area contributed by atoms with Crippen molar-refractivity contribution in [3.8, 4) is 0 Å². The Bertz CT molecular complexity index is 379. The first kappa shape index (κ1) is 8.94. The lowest BCUT2D eigenvalue weighted by Gasteiger charge is -1.98. The van der Waals surface area contributed by atoms with Crippen molar-refractivity contribution >= 4 is 26.2 Å². The third-order valence-corrected chi connectivity index (χ3v) is 2.23. The number of fused-ring (bicyclic) bond motifs is 1. The fourth-order valence-corrected chi connectivity index (χ4v) is 1.55. The summed E-state index contributed by atoms with van der Waals surface area (Å²) < 4.78 is 0. The van der Waals surface area contributed by atoms with E-state index in [1.54, 1.807) is 0 Å². The molecule has 0 amide bonds. The van der Waals surface area contributed by atoms with Crippen molar-refractivity contribution in [1.82, 2.24) is 0 Å². The van der Waals surface area contributed by atoms with E-state index < -0.39 is 0 Å². The molecule has 0 aromatic heterocycles. The summed E-state index contributed by atoms with van der Waals surface area (Å²) in [6, 6.07) is 14.5. The molecule has 0 saturated carbocycles. The summed E-state index contributed by atoms with van der Waals surface area (Å²) in [6.45, 7) is 0. The fourth-order valence-electron chi connectivity index (χ4n) is 1.23. The van der Waals surface area contributed by atoms with Crippen molar-refractivity contribution in [3.05, 3.63) is 42.5 Å². The van der Waals surface area contributed by atoms with Gasteiger partial charge < -0.3 is 0 Å². The van der Waals surface area contributed by atoms with Crippen molar-refractivity contribution in [3.63, 3.8) is 0 Å². The zero-order valence-corrected chi connectivity index (χ0v) is 7.45. The second-order valence-corrected chi connectivity index (χ2v) is 3.07. The van der Waals surface area contributed by atoms with E-state index in [0.717, 1.165) is 5.19 Å². The summed E-state index contributed by atoms with van der Waals surface area (Å²) in [5.41, 5.74) is 0. The maximum atomic E-state index is 3.55. The number of hydrogen-bond acceptors (Lipinski definition) is 0. The molecule has 0 aliphatic rings. The van der Waals surface area contributed by atoms with Crippen LogP contribution in [0, 0.1) is 0 Å². The van der Waals surface area contributed by atoms with Gasteiger partial charge in [-0.05, 0) is 10.8 Å². The van der Waals surface area contributed by atoms with Gasteiger partial charge in [0, 0.05) is 0 Å². The molecule has 0 aliphatic heterocycles. The third-order valence-electron chi connectivity index (χ3n) is 1.79. The molecular formula is C10H8FSi. The van der Waals surface area contributed by atoms with Gasteiger partial charge in [-0.2, -0.15) is 0 Å². The van der Waals surface area contributed by atoms with Crippen LogP contribution in [-0.4, -0.2) is 10.2 Å². The zero-order valence-electron chi connectivity index (χ0n) is 6.45. The van der Waals surface area contributed by atoms with Gasteiger partial charge >= 0.3 is 0 Å². The molecule has 3 radical (unpaired) electrons. The monoisotopic (exact) mass is 175 g/mol. The quantitative estimate of drug-likeness (QED) is 0.535. The molecule has 12 heavy (non-hydrogen) atoms. The highest BCUT2D eigenvalue weighted by Gasteiger charge is 1.92. The minimum Gasteiger partial charge on any atom is -0.269 e. The van der Waals surface area contributed by atoms with E-state index in [1.165, 1.54) is 10.8 Å². The standard InChI is InChI=1S/C10H7Si.FH/c11-10-7-3-5-8-4-1-2-6-9(8)10;/h1-7H;1H. The molecule has 0 fully saturated rings. The van der Waals surface area contributed by atoms with Crippen LogP contribution < -0.4 is 5.19 Å². The molecule has 59 valence electrons. The number of halogens is 1. The smallest absolute Gasteiger partial charge is 0.0720 e. The minimum atomic E-state index is 0. The summed E-state index contributed by atoms with van der Waals surface area (Å²) in [6.07, 6.45) is 0. The Morgan fingerprint density at radius 3 is 2.25 bits per heavy atom. The van der Waals surface area contributed by atoms with E-state index in [2.05, 4.69) is 34.5 Å². The molecular weight excluding hydrogens is 167 g/mol. The summed E-state index contributed by atoms with van der Waals surface area (Å²) >= 11 is 0. The van der Waals surface area contributed by atoms with Gasteiger partial charge in [-0.3, -0.25) is 4.70 Å². The molecule has 2 aromatic rings. The van der Waals surface area contributed by atoms with Gasteiger partial charge in [0.05, 0.1) is 10.2 Å². The maximum Gasteiger partial charge on any atom is 0.0720 e. The maximum absolute atomic E-state index is 3.55. The SMILES string of the molecule is F.[Si]c1cccc2ccccc12. The van der Waals surface area contributed by atoms with E-state index >= 15 is 0 Å². The first-order valence-corrected chi connectivity index (χ1v) is 4.07. The molecule has 2 rings (SSSR count). The van der Waals surface area contributed by atoms with Gasteiger partial charge in [0.25, 0.3) is 0 Å². The highest BCUT2D eigenvalue weighted by molar-refractivity contribution is 6.38. The van der Waals surface area contributed by atoms with Crippen molar-refractivity contribution in [1.29, 1.82) is 0 Å². The van der Waals surface area contributed by atoms with Crippen LogP contribution in [0.2, 0.25) is 0 Å². The van der Waals surface area contributed by atoms with Crippen molar-refractivity contribution < 1.29 is 4.70 Å². The Hall–Kier alpha value is -1.15. The topological polar surface area (TPSA) is 0 Å². The first-order chi connectivity index (χ1) is 5.38. The predicted molar refractivity (Wildman–Crippen MR) is 51.8 cm³/mol. The third kappa shape index (κ3) is 1.38. The van der Waals surface area contributed by atoms with Crippen molar-refractivity contribution in [2.24, 2.45) is 0 Å².